The molecule has 0 fully saturated rings. The average molecular weight is 282 g/mol. The first kappa shape index (κ1) is 18.6. The fourth-order valence-electron chi connectivity index (χ4n) is 1.57. The predicted molar refractivity (Wildman–Crippen MR) is 80.6 cm³/mol. The van der Waals surface area contributed by atoms with Gasteiger partial charge >= 0.3 is 5.97 Å². The molecule has 2 N–H and O–H groups in total. The number of allylic oxidation sites excluding steroid dienone is 4. The summed E-state index contributed by atoms with van der Waals surface area (Å²) in [7, 11) is 0. The van der Waals surface area contributed by atoms with E-state index in [0.717, 1.165) is 25.7 Å². The van der Waals surface area contributed by atoms with Crippen molar-refractivity contribution in [2.75, 3.05) is 0 Å². The van der Waals surface area contributed by atoms with Gasteiger partial charge in [-0.1, -0.05) is 49.8 Å². The second kappa shape index (κ2) is 14.0. The lowest BCUT2D eigenvalue weighted by atomic mass is 10.1. The monoisotopic (exact) mass is 282 g/mol. The molecule has 0 aliphatic carbocycles. The Hall–Kier alpha value is -1.39. The van der Waals surface area contributed by atoms with Crippen LogP contribution in [0.5, 0.6) is 0 Å². The van der Waals surface area contributed by atoms with Gasteiger partial charge in [0.15, 0.2) is 0 Å². The second-order valence-electron chi connectivity index (χ2n) is 4.59. The van der Waals surface area contributed by atoms with Crippen molar-refractivity contribution >= 4 is 5.97 Å². The van der Waals surface area contributed by atoms with Crippen molar-refractivity contribution in [1.29, 1.82) is 0 Å². The van der Waals surface area contributed by atoms with Crippen molar-refractivity contribution in [2.45, 2.75) is 58.0 Å². The topological polar surface area (TPSA) is 66.8 Å². The Morgan fingerprint density at radius 3 is 2.60 bits per heavy atom. The largest absolute Gasteiger partial charge is 0.481 e. The van der Waals surface area contributed by atoms with E-state index in [9.17, 15) is 4.79 Å². The van der Waals surface area contributed by atoms with Crippen LogP contribution in [0.15, 0.2) is 36.5 Å². The molecule has 0 saturated heterocycles. The van der Waals surface area contributed by atoms with E-state index in [4.69, 9.17) is 10.4 Å². The zero-order valence-electron chi connectivity index (χ0n) is 12.2. The highest BCUT2D eigenvalue weighted by Crippen LogP contribution is 2.04. The summed E-state index contributed by atoms with van der Waals surface area (Å²) in [6.45, 7) is 2.12. The van der Waals surface area contributed by atoms with Gasteiger partial charge in [0.1, 0.15) is 6.10 Å². The first-order valence-corrected chi connectivity index (χ1v) is 7.21. The minimum atomic E-state index is -0.746. The summed E-state index contributed by atoms with van der Waals surface area (Å²) in [6, 6.07) is 0. The zero-order valence-corrected chi connectivity index (χ0v) is 12.2. The molecule has 0 bridgehead atoms. The summed E-state index contributed by atoms with van der Waals surface area (Å²) >= 11 is 0. The van der Waals surface area contributed by atoms with Gasteiger partial charge in [0, 0.05) is 6.42 Å². The van der Waals surface area contributed by atoms with Crippen molar-refractivity contribution in [3.8, 4) is 0 Å². The molecule has 0 aliphatic rings. The molecule has 0 heterocycles. The van der Waals surface area contributed by atoms with Crippen LogP contribution in [0, 0.1) is 0 Å². The summed E-state index contributed by atoms with van der Waals surface area (Å²) in [6.07, 6.45) is 16.7. The van der Waals surface area contributed by atoms with E-state index in [2.05, 4.69) is 17.9 Å². The minimum absolute atomic E-state index is 0.225. The molecule has 0 aromatic heterocycles. The van der Waals surface area contributed by atoms with E-state index < -0.39 is 5.97 Å². The van der Waals surface area contributed by atoms with Crippen molar-refractivity contribution in [3.63, 3.8) is 0 Å². The van der Waals surface area contributed by atoms with Gasteiger partial charge in [-0.3, -0.25) is 10.1 Å². The Kier molecular flexibility index (Phi) is 13.1. The maximum Gasteiger partial charge on any atom is 0.303 e. The van der Waals surface area contributed by atoms with Crippen LogP contribution in [-0.4, -0.2) is 22.4 Å². The molecule has 4 heteroatoms. The van der Waals surface area contributed by atoms with Crippen LogP contribution in [0.25, 0.3) is 0 Å². The number of aliphatic carboxylic acids is 1. The normalized spacial score (nSPS) is 13.7. The van der Waals surface area contributed by atoms with Crippen LogP contribution >= 0.6 is 0 Å². The highest BCUT2D eigenvalue weighted by Gasteiger charge is 2.00. The highest BCUT2D eigenvalue weighted by atomic mass is 17.1. The van der Waals surface area contributed by atoms with E-state index >= 15 is 0 Å². The van der Waals surface area contributed by atoms with Crippen molar-refractivity contribution in [2.24, 2.45) is 0 Å². The van der Waals surface area contributed by atoms with Gasteiger partial charge in [0.05, 0.1) is 0 Å². The van der Waals surface area contributed by atoms with E-state index in [1.165, 1.54) is 0 Å². The second-order valence-corrected chi connectivity index (χ2v) is 4.59. The van der Waals surface area contributed by atoms with Gasteiger partial charge in [-0.2, -0.15) is 0 Å². The number of unbranched alkanes of at least 4 members (excludes halogenated alkanes) is 3. The van der Waals surface area contributed by atoms with Gasteiger partial charge in [0.25, 0.3) is 0 Å². The minimum Gasteiger partial charge on any atom is -0.481 e. The Balaban J connectivity index is 3.74. The third-order valence-corrected chi connectivity index (χ3v) is 2.71. The van der Waals surface area contributed by atoms with Crippen LogP contribution in [0.3, 0.4) is 0 Å². The fourth-order valence-corrected chi connectivity index (χ4v) is 1.57. The van der Waals surface area contributed by atoms with Gasteiger partial charge in [-0.15, -0.1) is 0 Å². The lowest BCUT2D eigenvalue weighted by Gasteiger charge is -2.04. The van der Waals surface area contributed by atoms with E-state index in [1.54, 1.807) is 6.08 Å². The number of hydrogen-bond donors (Lipinski definition) is 2. The van der Waals surface area contributed by atoms with Crippen LogP contribution in [0.1, 0.15) is 51.9 Å². The number of carboxylic acids is 1. The SMILES string of the molecule is CCC/C=C\C=C\C(C/C=C\CCCCC(=O)O)OO. The summed E-state index contributed by atoms with van der Waals surface area (Å²) in [5.74, 6) is -0.746. The number of carbonyl (C=O) groups is 1. The molecule has 1 unspecified atom stereocenters. The number of carboxylic acid groups (broad SMARTS) is 1. The molecule has 1 atom stereocenters. The van der Waals surface area contributed by atoms with E-state index in [1.807, 2.05) is 24.3 Å². The summed E-state index contributed by atoms with van der Waals surface area (Å²) in [5.41, 5.74) is 0. The van der Waals surface area contributed by atoms with Crippen molar-refractivity contribution in [3.05, 3.63) is 36.5 Å². The number of rotatable bonds is 12. The lowest BCUT2D eigenvalue weighted by Crippen LogP contribution is -2.04. The molecule has 0 aliphatic heterocycles. The van der Waals surface area contributed by atoms with Crippen LogP contribution in [-0.2, 0) is 9.68 Å². The highest BCUT2D eigenvalue weighted by molar-refractivity contribution is 5.66. The Morgan fingerprint density at radius 1 is 1.15 bits per heavy atom. The first-order valence-electron chi connectivity index (χ1n) is 7.21. The maximum atomic E-state index is 10.3. The molecular weight excluding hydrogens is 256 g/mol. The third-order valence-electron chi connectivity index (χ3n) is 2.71. The lowest BCUT2D eigenvalue weighted by molar-refractivity contribution is -0.264. The molecule has 0 spiro atoms. The molecule has 114 valence electrons. The van der Waals surface area contributed by atoms with Crippen molar-refractivity contribution in [1.82, 2.24) is 0 Å². The van der Waals surface area contributed by atoms with Crippen LogP contribution in [0.4, 0.5) is 0 Å². The maximum absolute atomic E-state index is 10.3. The quantitative estimate of drug-likeness (QED) is 0.184. The Labute approximate surface area is 121 Å². The summed E-state index contributed by atoms with van der Waals surface area (Å²) < 4.78 is 0. The summed E-state index contributed by atoms with van der Waals surface area (Å²) in [4.78, 5) is 14.7. The molecule has 0 rings (SSSR count). The van der Waals surface area contributed by atoms with Crippen LogP contribution < -0.4 is 0 Å². The Morgan fingerprint density at radius 2 is 1.95 bits per heavy atom. The molecule has 0 amide bonds. The summed E-state index contributed by atoms with van der Waals surface area (Å²) in [5, 5.41) is 17.2. The van der Waals surface area contributed by atoms with Gasteiger partial charge < -0.3 is 5.11 Å². The van der Waals surface area contributed by atoms with Gasteiger partial charge in [-0.25, -0.2) is 4.89 Å². The number of hydrogen-bond acceptors (Lipinski definition) is 3. The molecule has 0 aromatic rings. The molecule has 0 radical (unpaired) electrons. The molecule has 0 saturated carbocycles. The zero-order chi connectivity index (χ0) is 15.1. The van der Waals surface area contributed by atoms with Gasteiger partial charge in [0.2, 0.25) is 0 Å². The average Bonchev–Trinajstić information content (AvgIpc) is 2.43. The first-order chi connectivity index (χ1) is 9.70. The third kappa shape index (κ3) is 13.1. The van der Waals surface area contributed by atoms with E-state index in [-0.39, 0.29) is 12.5 Å². The molecule has 4 nitrogen and oxygen atoms in total. The smallest absolute Gasteiger partial charge is 0.303 e. The van der Waals surface area contributed by atoms with Gasteiger partial charge in [-0.05, 0) is 32.1 Å². The predicted octanol–water partition coefficient (Wildman–Crippen LogP) is 4.35. The molecule has 0 aromatic carbocycles. The van der Waals surface area contributed by atoms with E-state index in [0.29, 0.717) is 12.8 Å². The Bertz CT molecular complexity index is 318. The fraction of sp³-hybridized carbons (Fsp3) is 0.562. The van der Waals surface area contributed by atoms with Crippen molar-refractivity contribution < 1.29 is 20.0 Å². The van der Waals surface area contributed by atoms with Crippen LogP contribution in [0.2, 0.25) is 0 Å². The molecular formula is C16H26O4. The molecule has 20 heavy (non-hydrogen) atoms. The standard InChI is InChI=1S/C16H26O4/c1-2-3-4-6-9-12-15(20-19)13-10-7-5-8-11-14-16(17)18/h4,6-7,9-10,12,15,19H,2-3,5,8,11,13-14H2,1H3,(H,17,18)/b6-4-,10-7-,12-9+.